The number of aromatic nitrogens is 2. The van der Waals surface area contributed by atoms with Crippen molar-refractivity contribution in [3.63, 3.8) is 0 Å². The molecule has 5 nitrogen and oxygen atoms in total. The van der Waals surface area contributed by atoms with Gasteiger partial charge in [0.25, 0.3) is 0 Å². The number of hydrogen-bond donors (Lipinski definition) is 2. The van der Waals surface area contributed by atoms with Crippen LogP contribution >= 0.6 is 11.3 Å². The number of nitrogen functional groups attached to an aromatic ring is 1. The zero-order valence-corrected chi connectivity index (χ0v) is 10.8. The first kappa shape index (κ1) is 12.1. The molecule has 2 heterocycles. The molecule has 3 N–H and O–H groups in total. The van der Waals surface area contributed by atoms with Crippen LogP contribution in [0.2, 0.25) is 0 Å². The molecule has 2 rings (SSSR count). The molecule has 6 heteroatoms. The third kappa shape index (κ3) is 2.65. The summed E-state index contributed by atoms with van der Waals surface area (Å²) in [7, 11) is 0. The first-order valence-electron chi connectivity index (χ1n) is 5.63. The van der Waals surface area contributed by atoms with Crippen molar-refractivity contribution in [2.75, 3.05) is 5.43 Å². The second-order valence-corrected chi connectivity index (χ2v) is 4.75. The third-order valence-corrected chi connectivity index (χ3v) is 3.23. The first-order valence-corrected chi connectivity index (χ1v) is 6.51. The number of fused-ring (bicyclic) bond motifs is 1. The summed E-state index contributed by atoms with van der Waals surface area (Å²) in [6.45, 7) is 4.17. The van der Waals surface area contributed by atoms with Crippen LogP contribution < -0.4 is 16.0 Å². The average molecular weight is 252 g/mol. The van der Waals surface area contributed by atoms with Crippen molar-refractivity contribution in [1.82, 2.24) is 9.97 Å². The quantitative estimate of drug-likeness (QED) is 0.632. The van der Waals surface area contributed by atoms with Crippen LogP contribution in [-0.4, -0.2) is 16.1 Å². The highest BCUT2D eigenvalue weighted by atomic mass is 32.1. The summed E-state index contributed by atoms with van der Waals surface area (Å²) in [5.74, 6) is 6.33. The van der Waals surface area contributed by atoms with Crippen molar-refractivity contribution in [3.8, 4) is 5.88 Å². The topological polar surface area (TPSA) is 73.1 Å². The molecule has 0 radical (unpaired) electrons. The fourth-order valence-electron chi connectivity index (χ4n) is 1.64. The predicted molar refractivity (Wildman–Crippen MR) is 70.2 cm³/mol. The van der Waals surface area contributed by atoms with Crippen LogP contribution in [0.3, 0.4) is 0 Å². The number of anilines is 1. The van der Waals surface area contributed by atoms with Gasteiger partial charge in [0, 0.05) is 0 Å². The van der Waals surface area contributed by atoms with Crippen LogP contribution in [0.1, 0.15) is 26.7 Å². The van der Waals surface area contributed by atoms with Gasteiger partial charge < -0.3 is 4.74 Å². The Balaban J connectivity index is 2.33. The molecule has 0 saturated heterocycles. The lowest BCUT2D eigenvalue weighted by molar-refractivity contribution is 0.204. The normalized spacial score (nSPS) is 12.6. The van der Waals surface area contributed by atoms with Crippen molar-refractivity contribution < 1.29 is 4.74 Å². The molecular formula is C11H16N4OS. The van der Waals surface area contributed by atoms with Crippen molar-refractivity contribution >= 4 is 27.5 Å². The van der Waals surface area contributed by atoms with E-state index in [4.69, 9.17) is 10.6 Å². The summed E-state index contributed by atoms with van der Waals surface area (Å²) in [4.78, 5) is 9.39. The van der Waals surface area contributed by atoms with Gasteiger partial charge in [-0.3, -0.25) is 5.43 Å². The maximum absolute atomic E-state index is 5.83. The van der Waals surface area contributed by atoms with Crippen molar-refractivity contribution in [1.29, 1.82) is 0 Å². The second-order valence-electron chi connectivity index (χ2n) is 3.85. The number of hydrazine groups is 1. The average Bonchev–Trinajstić information content (AvgIpc) is 2.77. The first-order chi connectivity index (χ1) is 8.24. The van der Waals surface area contributed by atoms with Crippen LogP contribution in [-0.2, 0) is 0 Å². The predicted octanol–water partition coefficient (Wildman–Crippen LogP) is 2.54. The Morgan fingerprint density at radius 2 is 2.35 bits per heavy atom. The van der Waals surface area contributed by atoms with Gasteiger partial charge in [0.2, 0.25) is 11.8 Å². The standard InChI is InChI=1S/C11H16N4OS/c1-3-4-7(2)16-9-8-5-6-17-10(8)14-11(13-9)15-12/h5-7H,3-4,12H2,1-2H3,(H,13,14,15). The van der Waals surface area contributed by atoms with Gasteiger partial charge >= 0.3 is 0 Å². The van der Waals surface area contributed by atoms with E-state index < -0.39 is 0 Å². The lowest BCUT2D eigenvalue weighted by atomic mass is 10.2. The fourth-order valence-corrected chi connectivity index (χ4v) is 2.39. The van der Waals surface area contributed by atoms with Gasteiger partial charge in [-0.15, -0.1) is 11.3 Å². The van der Waals surface area contributed by atoms with Crippen LogP contribution in [0.4, 0.5) is 5.95 Å². The Morgan fingerprint density at radius 3 is 3.06 bits per heavy atom. The second kappa shape index (κ2) is 5.29. The number of nitrogens with zero attached hydrogens (tertiary/aromatic N) is 2. The smallest absolute Gasteiger partial charge is 0.241 e. The molecule has 0 aliphatic rings. The lowest BCUT2D eigenvalue weighted by Gasteiger charge is -2.14. The van der Waals surface area contributed by atoms with E-state index >= 15 is 0 Å². The Kier molecular flexibility index (Phi) is 3.75. The third-order valence-electron chi connectivity index (χ3n) is 2.43. The minimum Gasteiger partial charge on any atom is -0.474 e. The van der Waals surface area contributed by atoms with Gasteiger partial charge in [-0.1, -0.05) is 13.3 Å². The van der Waals surface area contributed by atoms with E-state index in [0.717, 1.165) is 23.1 Å². The Labute approximate surface area is 104 Å². The summed E-state index contributed by atoms with van der Waals surface area (Å²) < 4.78 is 5.83. The molecule has 2 aromatic heterocycles. The number of hydrogen-bond acceptors (Lipinski definition) is 6. The van der Waals surface area contributed by atoms with E-state index in [-0.39, 0.29) is 6.10 Å². The van der Waals surface area contributed by atoms with Gasteiger partial charge in [0.1, 0.15) is 4.83 Å². The molecule has 1 atom stereocenters. The summed E-state index contributed by atoms with van der Waals surface area (Å²) in [6.07, 6.45) is 2.23. The summed E-state index contributed by atoms with van der Waals surface area (Å²) in [5.41, 5.74) is 2.46. The molecule has 1 unspecified atom stereocenters. The maximum Gasteiger partial charge on any atom is 0.241 e. The Bertz CT molecular complexity index is 499. The molecule has 0 saturated carbocycles. The van der Waals surface area contributed by atoms with Gasteiger partial charge in [0.05, 0.1) is 11.5 Å². The van der Waals surface area contributed by atoms with Crippen LogP contribution in [0, 0.1) is 0 Å². The van der Waals surface area contributed by atoms with E-state index in [1.165, 1.54) is 0 Å². The van der Waals surface area contributed by atoms with Crippen molar-refractivity contribution in [2.24, 2.45) is 5.84 Å². The van der Waals surface area contributed by atoms with Crippen LogP contribution in [0.25, 0.3) is 10.2 Å². The van der Waals surface area contributed by atoms with Gasteiger partial charge in [0.15, 0.2) is 0 Å². The molecule has 17 heavy (non-hydrogen) atoms. The van der Waals surface area contributed by atoms with Crippen molar-refractivity contribution in [2.45, 2.75) is 32.8 Å². The van der Waals surface area contributed by atoms with Crippen LogP contribution in [0.15, 0.2) is 11.4 Å². The molecule has 0 fully saturated rings. The number of rotatable bonds is 5. The monoisotopic (exact) mass is 252 g/mol. The molecular weight excluding hydrogens is 236 g/mol. The fraction of sp³-hybridized carbons (Fsp3) is 0.455. The number of ether oxygens (including phenoxy) is 1. The number of nitrogens with two attached hydrogens (primary N) is 1. The zero-order valence-electron chi connectivity index (χ0n) is 9.93. The number of thiophene rings is 1. The van der Waals surface area contributed by atoms with Gasteiger partial charge in [-0.05, 0) is 24.8 Å². The highest BCUT2D eigenvalue weighted by Gasteiger charge is 2.12. The molecule has 0 spiro atoms. The van der Waals surface area contributed by atoms with Crippen molar-refractivity contribution in [3.05, 3.63) is 11.4 Å². The highest BCUT2D eigenvalue weighted by Crippen LogP contribution is 2.28. The minimum atomic E-state index is 0.142. The summed E-state index contributed by atoms with van der Waals surface area (Å²) in [6, 6.07) is 1.97. The summed E-state index contributed by atoms with van der Waals surface area (Å²) in [5, 5.41) is 2.91. The maximum atomic E-state index is 5.83. The highest BCUT2D eigenvalue weighted by molar-refractivity contribution is 7.16. The lowest BCUT2D eigenvalue weighted by Crippen LogP contribution is -2.15. The van der Waals surface area contributed by atoms with Gasteiger partial charge in [-0.25, -0.2) is 10.8 Å². The number of nitrogens with one attached hydrogen (secondary N) is 1. The van der Waals surface area contributed by atoms with E-state index in [2.05, 4.69) is 22.3 Å². The van der Waals surface area contributed by atoms with E-state index in [1.54, 1.807) is 11.3 Å². The molecule has 0 bridgehead atoms. The van der Waals surface area contributed by atoms with E-state index in [9.17, 15) is 0 Å². The minimum absolute atomic E-state index is 0.142. The SMILES string of the molecule is CCCC(C)Oc1nc(NN)nc2sccc12. The Hall–Kier alpha value is -1.40. The zero-order chi connectivity index (χ0) is 12.3. The molecule has 92 valence electrons. The molecule has 0 aliphatic heterocycles. The molecule has 0 aromatic carbocycles. The molecule has 0 amide bonds. The summed E-state index contributed by atoms with van der Waals surface area (Å²) >= 11 is 1.54. The largest absolute Gasteiger partial charge is 0.474 e. The van der Waals surface area contributed by atoms with Gasteiger partial charge in [-0.2, -0.15) is 4.98 Å². The molecule has 2 aromatic rings. The molecule has 0 aliphatic carbocycles. The van der Waals surface area contributed by atoms with E-state index in [0.29, 0.717) is 11.8 Å². The van der Waals surface area contributed by atoms with E-state index in [1.807, 2.05) is 18.4 Å². The Morgan fingerprint density at radius 1 is 1.53 bits per heavy atom. The van der Waals surface area contributed by atoms with Crippen LogP contribution in [0.5, 0.6) is 5.88 Å².